The fraction of sp³-hybridized carbons (Fsp3) is 0.417. The molecule has 0 spiro atoms. The molecule has 0 amide bonds. The van der Waals surface area contributed by atoms with Crippen LogP contribution < -0.4 is 9.47 Å². The highest BCUT2D eigenvalue weighted by Gasteiger charge is 2.55. The van der Waals surface area contributed by atoms with Gasteiger partial charge in [-0.25, -0.2) is 0 Å². The lowest BCUT2D eigenvalue weighted by Gasteiger charge is -2.20. The van der Waals surface area contributed by atoms with Crippen molar-refractivity contribution < 1.29 is 19.4 Å². The first kappa shape index (κ1) is 13.5. The Kier molecular flexibility index (Phi) is 3.47. The van der Waals surface area contributed by atoms with Gasteiger partial charge in [0, 0.05) is 5.56 Å². The van der Waals surface area contributed by atoms with Gasteiger partial charge in [0.2, 0.25) is 0 Å². The Hall–Kier alpha value is -0.940. The van der Waals surface area contributed by atoms with Crippen LogP contribution in [0.15, 0.2) is 10.5 Å². The number of ether oxygens (including phenoxy) is 2. The van der Waals surface area contributed by atoms with E-state index < -0.39 is 11.4 Å². The summed E-state index contributed by atoms with van der Waals surface area (Å²) in [5.41, 5.74) is -0.435. The van der Waals surface area contributed by atoms with Gasteiger partial charge in [-0.05, 0) is 34.8 Å². The number of halogens is 2. The molecule has 1 fully saturated rings. The summed E-state index contributed by atoms with van der Waals surface area (Å²) < 4.78 is 11.2. The van der Waals surface area contributed by atoms with Crippen LogP contribution in [0.5, 0.6) is 11.5 Å². The second-order valence-corrected chi connectivity index (χ2v) is 5.43. The molecule has 1 saturated carbocycles. The molecule has 0 aliphatic heterocycles. The minimum Gasteiger partial charge on any atom is -0.492 e. The van der Waals surface area contributed by atoms with Gasteiger partial charge in [0.1, 0.15) is 0 Å². The van der Waals surface area contributed by atoms with Gasteiger partial charge in [0.15, 0.2) is 11.5 Å². The van der Waals surface area contributed by atoms with Crippen molar-refractivity contribution in [3.63, 3.8) is 0 Å². The lowest BCUT2D eigenvalue weighted by atomic mass is 9.94. The van der Waals surface area contributed by atoms with Crippen LogP contribution in [-0.4, -0.2) is 25.3 Å². The Morgan fingerprint density at radius 1 is 1.39 bits per heavy atom. The number of carboxylic acids is 1. The summed E-state index contributed by atoms with van der Waals surface area (Å²) in [6.07, 6.45) is 1.12. The molecule has 6 heteroatoms. The first-order valence-corrected chi connectivity index (χ1v) is 6.49. The zero-order valence-electron chi connectivity index (χ0n) is 9.92. The molecule has 0 heterocycles. The number of aliphatic carboxylic acids is 1. The third-order valence-corrected chi connectivity index (χ3v) is 4.08. The van der Waals surface area contributed by atoms with E-state index in [1.165, 1.54) is 14.2 Å². The Bertz CT molecular complexity index is 511. The normalized spacial score (nSPS) is 16.2. The first-order valence-electron chi connectivity index (χ1n) is 5.31. The molecule has 0 saturated heterocycles. The third kappa shape index (κ3) is 1.86. The second kappa shape index (κ2) is 4.63. The molecule has 18 heavy (non-hydrogen) atoms. The van der Waals surface area contributed by atoms with Gasteiger partial charge in [-0.15, -0.1) is 0 Å². The summed E-state index contributed by atoms with van der Waals surface area (Å²) in [5, 5.41) is 9.74. The summed E-state index contributed by atoms with van der Waals surface area (Å²) >= 11 is 9.50. The fourth-order valence-corrected chi connectivity index (χ4v) is 3.18. The predicted octanol–water partition coefficient (Wildman–Crippen LogP) is 3.24. The van der Waals surface area contributed by atoms with Gasteiger partial charge in [0.05, 0.1) is 29.1 Å². The lowest BCUT2D eigenvalue weighted by Crippen LogP contribution is -2.21. The summed E-state index contributed by atoms with van der Waals surface area (Å²) in [4.78, 5) is 11.4. The number of carboxylic acid groups (broad SMARTS) is 1. The number of carbonyl (C=O) groups is 1. The van der Waals surface area contributed by atoms with Gasteiger partial charge < -0.3 is 14.6 Å². The monoisotopic (exact) mass is 334 g/mol. The predicted molar refractivity (Wildman–Crippen MR) is 70.8 cm³/mol. The van der Waals surface area contributed by atoms with Crippen molar-refractivity contribution in [1.82, 2.24) is 0 Å². The molecule has 1 aromatic carbocycles. The van der Waals surface area contributed by atoms with E-state index in [0.29, 0.717) is 39.4 Å². The fourth-order valence-electron chi connectivity index (χ4n) is 2.11. The average molecular weight is 336 g/mol. The highest BCUT2D eigenvalue weighted by atomic mass is 79.9. The summed E-state index contributed by atoms with van der Waals surface area (Å²) in [6, 6.07) is 1.64. The van der Waals surface area contributed by atoms with Gasteiger partial charge in [-0.1, -0.05) is 11.6 Å². The Morgan fingerprint density at radius 3 is 2.33 bits per heavy atom. The van der Waals surface area contributed by atoms with Crippen LogP contribution >= 0.6 is 27.5 Å². The van der Waals surface area contributed by atoms with E-state index in [-0.39, 0.29) is 0 Å². The molecule has 1 aromatic rings. The van der Waals surface area contributed by atoms with Crippen molar-refractivity contribution in [2.24, 2.45) is 0 Å². The number of hydrogen-bond acceptors (Lipinski definition) is 3. The molecule has 0 atom stereocenters. The van der Waals surface area contributed by atoms with Crippen LogP contribution in [0.4, 0.5) is 0 Å². The summed E-state index contributed by atoms with van der Waals surface area (Å²) in [7, 11) is 2.97. The van der Waals surface area contributed by atoms with E-state index in [9.17, 15) is 9.90 Å². The van der Waals surface area contributed by atoms with Crippen molar-refractivity contribution >= 4 is 33.5 Å². The van der Waals surface area contributed by atoms with Crippen LogP contribution in [0.25, 0.3) is 0 Å². The molecule has 2 rings (SSSR count). The molecule has 0 aromatic heterocycles. The molecule has 1 N–H and O–H groups in total. The van der Waals surface area contributed by atoms with E-state index in [2.05, 4.69) is 15.9 Å². The minimum absolute atomic E-state index is 0.374. The maximum Gasteiger partial charge on any atom is 0.314 e. The zero-order chi connectivity index (χ0) is 13.5. The average Bonchev–Trinajstić information content (AvgIpc) is 3.09. The van der Waals surface area contributed by atoms with E-state index in [4.69, 9.17) is 21.1 Å². The smallest absolute Gasteiger partial charge is 0.314 e. The maximum absolute atomic E-state index is 11.4. The molecule has 0 bridgehead atoms. The van der Waals surface area contributed by atoms with E-state index in [1.807, 2.05) is 0 Å². The summed E-state index contributed by atoms with van der Waals surface area (Å²) in [5.74, 6) is -0.0340. The summed E-state index contributed by atoms with van der Waals surface area (Å²) in [6.45, 7) is 0. The van der Waals surface area contributed by atoms with Crippen molar-refractivity contribution in [1.29, 1.82) is 0 Å². The Morgan fingerprint density at radius 2 is 1.94 bits per heavy atom. The second-order valence-electron chi connectivity index (χ2n) is 4.17. The SMILES string of the molecule is COc1c(Br)cc(Cl)c(C2(C(=O)O)CC2)c1OC. The Balaban J connectivity index is 2.70. The lowest BCUT2D eigenvalue weighted by molar-refractivity contribution is -0.140. The molecule has 0 unspecified atom stereocenters. The minimum atomic E-state index is -0.934. The van der Waals surface area contributed by atoms with Crippen molar-refractivity contribution in [3.05, 3.63) is 21.1 Å². The topological polar surface area (TPSA) is 55.8 Å². The van der Waals surface area contributed by atoms with Gasteiger partial charge >= 0.3 is 5.97 Å². The van der Waals surface area contributed by atoms with Gasteiger partial charge in [-0.3, -0.25) is 4.79 Å². The van der Waals surface area contributed by atoms with Crippen molar-refractivity contribution in [2.45, 2.75) is 18.3 Å². The van der Waals surface area contributed by atoms with E-state index >= 15 is 0 Å². The highest BCUT2D eigenvalue weighted by Crippen LogP contribution is 2.57. The van der Waals surface area contributed by atoms with Crippen LogP contribution in [0.1, 0.15) is 18.4 Å². The van der Waals surface area contributed by atoms with Crippen molar-refractivity contribution in [2.75, 3.05) is 14.2 Å². The number of benzene rings is 1. The van der Waals surface area contributed by atoms with Crippen LogP contribution in [0, 0.1) is 0 Å². The number of methoxy groups -OCH3 is 2. The molecule has 4 nitrogen and oxygen atoms in total. The number of rotatable bonds is 4. The third-order valence-electron chi connectivity index (χ3n) is 3.19. The highest BCUT2D eigenvalue weighted by molar-refractivity contribution is 9.10. The molecule has 0 radical (unpaired) electrons. The van der Waals surface area contributed by atoms with Crippen LogP contribution in [0.3, 0.4) is 0 Å². The standard InChI is InChI=1S/C12H12BrClO4/c1-17-9-6(13)5-7(14)8(10(9)18-2)12(3-4-12)11(15)16/h5H,3-4H2,1-2H3,(H,15,16). The molecule has 98 valence electrons. The van der Waals surface area contributed by atoms with Gasteiger partial charge in [-0.2, -0.15) is 0 Å². The van der Waals surface area contributed by atoms with E-state index in [1.54, 1.807) is 6.07 Å². The van der Waals surface area contributed by atoms with Crippen LogP contribution in [0.2, 0.25) is 5.02 Å². The van der Waals surface area contributed by atoms with Crippen molar-refractivity contribution in [3.8, 4) is 11.5 Å². The van der Waals surface area contributed by atoms with Crippen LogP contribution in [-0.2, 0) is 10.2 Å². The Labute approximate surface area is 118 Å². The molecular formula is C12H12BrClO4. The zero-order valence-corrected chi connectivity index (χ0v) is 12.3. The van der Waals surface area contributed by atoms with E-state index in [0.717, 1.165) is 0 Å². The first-order chi connectivity index (χ1) is 8.47. The molecule has 1 aliphatic rings. The maximum atomic E-state index is 11.4. The number of hydrogen-bond donors (Lipinski definition) is 1. The molecule has 1 aliphatic carbocycles. The molecular weight excluding hydrogens is 323 g/mol. The quantitative estimate of drug-likeness (QED) is 0.918. The largest absolute Gasteiger partial charge is 0.492 e. The van der Waals surface area contributed by atoms with Gasteiger partial charge in [0.25, 0.3) is 0 Å².